The van der Waals surface area contributed by atoms with E-state index in [1.165, 1.54) is 0 Å². The van der Waals surface area contributed by atoms with Gasteiger partial charge in [-0.05, 0) is 31.5 Å². The van der Waals surface area contributed by atoms with Crippen LogP contribution < -0.4 is 4.90 Å². The van der Waals surface area contributed by atoms with Crippen molar-refractivity contribution in [1.82, 2.24) is 0 Å². The van der Waals surface area contributed by atoms with Gasteiger partial charge in [0.25, 0.3) is 0 Å². The molecule has 0 N–H and O–H groups in total. The fraction of sp³-hybridized carbons (Fsp3) is 0.429. The van der Waals surface area contributed by atoms with Crippen molar-refractivity contribution in [2.75, 3.05) is 18.6 Å². The van der Waals surface area contributed by atoms with Gasteiger partial charge < -0.3 is 9.64 Å². The van der Waals surface area contributed by atoms with Gasteiger partial charge in [0.15, 0.2) is 0 Å². The molecule has 1 fully saturated rings. The van der Waals surface area contributed by atoms with Crippen LogP contribution in [0.15, 0.2) is 18.2 Å². The maximum Gasteiger partial charge on any atom is 0.150 e. The third kappa shape index (κ3) is 2.22. The quantitative estimate of drug-likeness (QED) is 0.763. The number of ether oxygens (including phenoxy) is 1. The molecule has 0 amide bonds. The number of nitriles is 1. The minimum Gasteiger partial charge on any atom is -0.376 e. The standard InChI is InChI=1S/C14H16N2O2/c1-10-13(5-6-18-10)16(2)14-4-3-11(9-17)7-12(14)8-15/h3-4,7,9-10,13H,5-6H2,1-2H3. The van der Waals surface area contributed by atoms with Crippen LogP contribution >= 0.6 is 0 Å². The van der Waals surface area contributed by atoms with Crippen LogP contribution in [0.2, 0.25) is 0 Å². The second-order valence-electron chi connectivity index (χ2n) is 4.55. The van der Waals surface area contributed by atoms with Gasteiger partial charge in [-0.25, -0.2) is 0 Å². The van der Waals surface area contributed by atoms with Crippen molar-refractivity contribution in [1.29, 1.82) is 5.26 Å². The highest BCUT2D eigenvalue weighted by atomic mass is 16.5. The molecule has 94 valence electrons. The zero-order valence-corrected chi connectivity index (χ0v) is 10.6. The monoisotopic (exact) mass is 244 g/mol. The largest absolute Gasteiger partial charge is 0.376 e. The minimum absolute atomic E-state index is 0.160. The predicted octanol–water partition coefficient (Wildman–Crippen LogP) is 1.98. The Morgan fingerprint density at radius 2 is 2.33 bits per heavy atom. The Hall–Kier alpha value is -1.86. The van der Waals surface area contributed by atoms with E-state index in [4.69, 9.17) is 4.74 Å². The van der Waals surface area contributed by atoms with Gasteiger partial charge in [-0.3, -0.25) is 4.79 Å². The molecular formula is C14H16N2O2. The Bertz CT molecular complexity index is 493. The molecule has 2 unspecified atom stereocenters. The first-order valence-corrected chi connectivity index (χ1v) is 6.01. The van der Waals surface area contributed by atoms with E-state index in [0.29, 0.717) is 11.1 Å². The summed E-state index contributed by atoms with van der Waals surface area (Å²) in [6.07, 6.45) is 1.87. The summed E-state index contributed by atoms with van der Waals surface area (Å²) in [4.78, 5) is 12.8. The highest BCUT2D eigenvalue weighted by molar-refractivity contribution is 5.78. The van der Waals surface area contributed by atoms with Gasteiger partial charge in [0.2, 0.25) is 0 Å². The second kappa shape index (κ2) is 5.19. The Balaban J connectivity index is 2.32. The van der Waals surface area contributed by atoms with E-state index >= 15 is 0 Å². The first kappa shape index (κ1) is 12.6. The van der Waals surface area contributed by atoms with Crippen LogP contribution in [0.5, 0.6) is 0 Å². The van der Waals surface area contributed by atoms with Crippen molar-refractivity contribution in [2.45, 2.75) is 25.5 Å². The minimum atomic E-state index is 0.160. The Morgan fingerprint density at radius 1 is 1.56 bits per heavy atom. The topological polar surface area (TPSA) is 53.3 Å². The summed E-state index contributed by atoms with van der Waals surface area (Å²) in [5, 5.41) is 9.17. The van der Waals surface area contributed by atoms with E-state index in [-0.39, 0.29) is 12.1 Å². The van der Waals surface area contributed by atoms with Gasteiger partial charge in [-0.15, -0.1) is 0 Å². The summed E-state index contributed by atoms with van der Waals surface area (Å²) in [5.74, 6) is 0. The molecule has 4 heteroatoms. The van der Waals surface area contributed by atoms with Crippen LogP contribution in [-0.4, -0.2) is 32.1 Å². The molecular weight excluding hydrogens is 228 g/mol. The molecule has 0 bridgehead atoms. The Morgan fingerprint density at radius 3 is 2.89 bits per heavy atom. The molecule has 1 saturated heterocycles. The van der Waals surface area contributed by atoms with Gasteiger partial charge >= 0.3 is 0 Å². The molecule has 1 heterocycles. The lowest BCUT2D eigenvalue weighted by Gasteiger charge is -2.29. The number of rotatable bonds is 3. The first-order valence-electron chi connectivity index (χ1n) is 6.01. The lowest BCUT2D eigenvalue weighted by molar-refractivity contribution is 0.112. The van der Waals surface area contributed by atoms with Gasteiger partial charge in [0.1, 0.15) is 12.4 Å². The van der Waals surface area contributed by atoms with E-state index < -0.39 is 0 Å². The van der Waals surface area contributed by atoms with Gasteiger partial charge in [-0.1, -0.05) is 0 Å². The van der Waals surface area contributed by atoms with Crippen molar-refractivity contribution in [3.8, 4) is 6.07 Å². The Kier molecular flexibility index (Phi) is 3.63. The number of hydrogen-bond acceptors (Lipinski definition) is 4. The fourth-order valence-corrected chi connectivity index (χ4v) is 2.43. The summed E-state index contributed by atoms with van der Waals surface area (Å²) < 4.78 is 5.55. The van der Waals surface area contributed by atoms with Crippen LogP contribution in [0.4, 0.5) is 5.69 Å². The molecule has 1 aromatic rings. The number of carbonyl (C=O) groups excluding carboxylic acids is 1. The number of aldehydes is 1. The summed E-state index contributed by atoms with van der Waals surface area (Å²) in [5.41, 5.74) is 1.91. The summed E-state index contributed by atoms with van der Waals surface area (Å²) in [6.45, 7) is 2.80. The van der Waals surface area contributed by atoms with E-state index in [9.17, 15) is 10.1 Å². The van der Waals surface area contributed by atoms with Crippen molar-refractivity contribution in [3.05, 3.63) is 29.3 Å². The lowest BCUT2D eigenvalue weighted by Crippen LogP contribution is -2.37. The van der Waals surface area contributed by atoms with Crippen LogP contribution in [0.25, 0.3) is 0 Å². The lowest BCUT2D eigenvalue weighted by atomic mass is 10.1. The fourth-order valence-electron chi connectivity index (χ4n) is 2.43. The van der Waals surface area contributed by atoms with Crippen molar-refractivity contribution in [3.63, 3.8) is 0 Å². The highest BCUT2D eigenvalue weighted by Crippen LogP contribution is 2.27. The number of anilines is 1. The van der Waals surface area contributed by atoms with Crippen molar-refractivity contribution < 1.29 is 9.53 Å². The van der Waals surface area contributed by atoms with Crippen LogP contribution in [0, 0.1) is 11.3 Å². The maximum atomic E-state index is 10.7. The van der Waals surface area contributed by atoms with E-state index in [0.717, 1.165) is 25.0 Å². The molecule has 4 nitrogen and oxygen atoms in total. The van der Waals surface area contributed by atoms with Gasteiger partial charge in [0, 0.05) is 19.2 Å². The third-order valence-corrected chi connectivity index (χ3v) is 3.49. The van der Waals surface area contributed by atoms with Gasteiger partial charge in [-0.2, -0.15) is 5.26 Å². The summed E-state index contributed by atoms with van der Waals surface area (Å²) in [7, 11) is 1.96. The molecule has 0 saturated carbocycles. The van der Waals surface area contributed by atoms with Crippen molar-refractivity contribution in [2.24, 2.45) is 0 Å². The van der Waals surface area contributed by atoms with E-state index in [1.54, 1.807) is 12.1 Å². The molecule has 1 aliphatic rings. The zero-order chi connectivity index (χ0) is 13.1. The molecule has 0 spiro atoms. The molecule has 0 aromatic heterocycles. The number of carbonyl (C=O) groups is 1. The molecule has 1 aromatic carbocycles. The molecule has 2 atom stereocenters. The second-order valence-corrected chi connectivity index (χ2v) is 4.55. The Labute approximate surface area is 107 Å². The molecule has 18 heavy (non-hydrogen) atoms. The maximum absolute atomic E-state index is 10.7. The smallest absolute Gasteiger partial charge is 0.150 e. The third-order valence-electron chi connectivity index (χ3n) is 3.49. The first-order chi connectivity index (χ1) is 8.67. The van der Waals surface area contributed by atoms with Crippen LogP contribution in [-0.2, 0) is 4.74 Å². The van der Waals surface area contributed by atoms with Crippen LogP contribution in [0.3, 0.4) is 0 Å². The SMILES string of the molecule is CC1OCCC1N(C)c1ccc(C=O)cc1C#N. The van der Waals surface area contributed by atoms with Gasteiger partial charge in [0.05, 0.1) is 23.4 Å². The average molecular weight is 244 g/mol. The number of hydrogen-bond donors (Lipinski definition) is 0. The van der Waals surface area contributed by atoms with Crippen LogP contribution in [0.1, 0.15) is 29.3 Å². The highest BCUT2D eigenvalue weighted by Gasteiger charge is 2.29. The summed E-state index contributed by atoms with van der Waals surface area (Å²) in [6, 6.07) is 7.61. The number of nitrogens with zero attached hydrogens (tertiary/aromatic N) is 2. The number of likely N-dealkylation sites (N-methyl/N-ethyl adjacent to an activating group) is 1. The van der Waals surface area contributed by atoms with E-state index in [1.807, 2.05) is 20.0 Å². The van der Waals surface area contributed by atoms with E-state index in [2.05, 4.69) is 11.0 Å². The average Bonchev–Trinajstić information content (AvgIpc) is 2.83. The molecule has 1 aliphatic heterocycles. The molecule has 0 aliphatic carbocycles. The summed E-state index contributed by atoms with van der Waals surface area (Å²) >= 11 is 0. The normalized spacial score (nSPS) is 22.5. The predicted molar refractivity (Wildman–Crippen MR) is 68.8 cm³/mol. The number of benzene rings is 1. The zero-order valence-electron chi connectivity index (χ0n) is 10.6. The molecule has 2 rings (SSSR count). The molecule has 0 radical (unpaired) electrons. The van der Waals surface area contributed by atoms with Crippen molar-refractivity contribution >= 4 is 12.0 Å².